The number of amides is 2. The molecule has 3 aliphatic carbocycles. The first-order chi connectivity index (χ1) is 19.0. The number of carbonyl (C=O) groups excluding carboxylic acids is 4. The van der Waals surface area contributed by atoms with Crippen LogP contribution >= 0.6 is 0 Å². The fourth-order valence-corrected chi connectivity index (χ4v) is 6.42. The maximum absolute atomic E-state index is 13.9. The number of hydrogen-bond donors (Lipinski definition) is 8. The van der Waals surface area contributed by atoms with Gasteiger partial charge in [0.05, 0.1) is 35.9 Å². The van der Waals surface area contributed by atoms with Crippen LogP contribution in [-0.4, -0.2) is 122 Å². The molecule has 41 heavy (non-hydrogen) atoms. The largest absolute Gasteiger partial charge is 0.510 e. The van der Waals surface area contributed by atoms with Gasteiger partial charge >= 0.3 is 0 Å². The standard InChI is InChI=1S/C27H34N4O10/c1-9-10-6-7-11(29-26(40)12(8-32)30(2)3)19(33)14(10)20(34)15-13(9)21(35)17-18(31(4)5)22(36)16(25(28)39)24(38)27(17,41)23(15)37/h6-7,9,12-13,17-18,21,32-33,35-37,41H,8H2,1-5H3,(H2,28,39)(H,29,40)/t9?,12?,13?,17-,18-,21?,27+/m0/s1. The maximum Gasteiger partial charge on any atom is 0.255 e. The van der Waals surface area contributed by atoms with Crippen molar-refractivity contribution in [3.8, 4) is 5.75 Å². The minimum atomic E-state index is -3.02. The van der Waals surface area contributed by atoms with Crippen molar-refractivity contribution >= 4 is 29.1 Å². The van der Waals surface area contributed by atoms with E-state index >= 15 is 0 Å². The summed E-state index contributed by atoms with van der Waals surface area (Å²) in [5.41, 5.74) is 0.494. The number of aliphatic hydroxyl groups is 5. The Bertz CT molecular complexity index is 1420. The van der Waals surface area contributed by atoms with Crippen LogP contribution in [0.4, 0.5) is 5.69 Å². The van der Waals surface area contributed by atoms with Crippen LogP contribution in [0.2, 0.25) is 0 Å². The highest BCUT2D eigenvalue weighted by Crippen LogP contribution is 2.56. The third-order valence-corrected chi connectivity index (χ3v) is 8.49. The lowest BCUT2D eigenvalue weighted by molar-refractivity contribution is -0.162. The Hall–Kier alpha value is -3.82. The quantitative estimate of drug-likeness (QED) is 0.143. The van der Waals surface area contributed by atoms with Crippen molar-refractivity contribution in [1.29, 1.82) is 0 Å². The number of aliphatic hydroxyl groups excluding tert-OH is 4. The number of primary amides is 1. The van der Waals surface area contributed by atoms with Gasteiger partial charge < -0.3 is 41.7 Å². The summed E-state index contributed by atoms with van der Waals surface area (Å²) in [5, 5.41) is 68.7. The second-order valence-electron chi connectivity index (χ2n) is 11.1. The van der Waals surface area contributed by atoms with Crippen molar-refractivity contribution in [2.24, 2.45) is 17.6 Å². The lowest BCUT2D eigenvalue weighted by Gasteiger charge is -2.53. The lowest BCUT2D eigenvalue weighted by Crippen LogP contribution is -2.68. The molecule has 0 spiro atoms. The smallest absolute Gasteiger partial charge is 0.255 e. The van der Waals surface area contributed by atoms with Crippen LogP contribution in [0.5, 0.6) is 5.75 Å². The van der Waals surface area contributed by atoms with E-state index in [0.29, 0.717) is 0 Å². The van der Waals surface area contributed by atoms with E-state index in [9.17, 15) is 49.8 Å². The Morgan fingerprint density at radius 2 is 1.73 bits per heavy atom. The number of aromatic hydroxyl groups is 1. The van der Waals surface area contributed by atoms with Crippen LogP contribution < -0.4 is 11.1 Å². The van der Waals surface area contributed by atoms with Crippen LogP contribution in [0.1, 0.15) is 28.8 Å². The average Bonchev–Trinajstić information content (AvgIpc) is 2.87. The first-order valence-electron chi connectivity index (χ1n) is 12.8. The first-order valence-corrected chi connectivity index (χ1v) is 12.8. The molecule has 0 saturated carbocycles. The summed E-state index contributed by atoms with van der Waals surface area (Å²) in [6.07, 6.45) is -1.71. The summed E-state index contributed by atoms with van der Waals surface area (Å²) in [6, 6.07) is 0.475. The summed E-state index contributed by atoms with van der Waals surface area (Å²) in [6.45, 7) is 1.07. The van der Waals surface area contributed by atoms with E-state index in [1.807, 2.05) is 0 Å². The number of hydrogen-bond acceptors (Lipinski definition) is 12. The van der Waals surface area contributed by atoms with Gasteiger partial charge in [-0.25, -0.2) is 0 Å². The van der Waals surface area contributed by atoms with E-state index < -0.39 is 99.9 Å². The third kappa shape index (κ3) is 4.13. The number of ketones is 2. The number of likely N-dealkylation sites (N-methyl/N-ethyl adjacent to an activating group) is 2. The van der Waals surface area contributed by atoms with Crippen LogP contribution in [0.3, 0.4) is 0 Å². The van der Waals surface area contributed by atoms with Gasteiger partial charge in [-0.05, 0) is 45.7 Å². The maximum atomic E-state index is 13.9. The lowest BCUT2D eigenvalue weighted by atomic mass is 9.55. The van der Waals surface area contributed by atoms with Gasteiger partial charge in [-0.3, -0.25) is 29.0 Å². The van der Waals surface area contributed by atoms with E-state index in [2.05, 4.69) is 5.32 Å². The number of rotatable bonds is 6. The molecule has 0 heterocycles. The van der Waals surface area contributed by atoms with Crippen molar-refractivity contribution in [2.45, 2.75) is 36.6 Å². The molecule has 14 nitrogen and oxygen atoms in total. The molecule has 1 aromatic rings. The molecule has 2 amide bonds. The van der Waals surface area contributed by atoms with Gasteiger partial charge in [0.2, 0.25) is 11.7 Å². The number of benzene rings is 1. The molecule has 0 saturated heterocycles. The minimum absolute atomic E-state index is 0.175. The van der Waals surface area contributed by atoms with Crippen molar-refractivity contribution in [1.82, 2.24) is 9.80 Å². The third-order valence-electron chi connectivity index (χ3n) is 8.49. The monoisotopic (exact) mass is 574 g/mol. The molecule has 9 N–H and O–H groups in total. The second-order valence-corrected chi connectivity index (χ2v) is 11.1. The number of phenolic OH excluding ortho intramolecular Hbond substituents is 1. The summed E-state index contributed by atoms with van der Waals surface area (Å²) in [7, 11) is 6.03. The number of nitrogens with two attached hydrogens (primary N) is 1. The van der Waals surface area contributed by atoms with E-state index in [4.69, 9.17) is 5.73 Å². The van der Waals surface area contributed by atoms with Crippen LogP contribution in [0.15, 0.2) is 34.8 Å². The summed E-state index contributed by atoms with van der Waals surface area (Å²) in [5.74, 6) is -10.8. The Morgan fingerprint density at radius 1 is 1.12 bits per heavy atom. The molecule has 0 radical (unpaired) electrons. The van der Waals surface area contributed by atoms with Crippen LogP contribution in [0.25, 0.3) is 0 Å². The van der Waals surface area contributed by atoms with E-state index in [-0.39, 0.29) is 16.8 Å². The SMILES string of the molecule is CC1c2ccc(NC(=O)C(CO)N(C)C)c(O)c2C(=O)C2=C(O)[C@@]3(O)C(=O)C(C(N)=O)=C(O)[C@@H](N(C)C)[C@H]3C(O)C21. The zero-order valence-corrected chi connectivity index (χ0v) is 23.1. The zero-order valence-electron chi connectivity index (χ0n) is 23.1. The fraction of sp³-hybridized carbons (Fsp3) is 0.481. The molecule has 0 aromatic heterocycles. The highest BCUT2D eigenvalue weighted by molar-refractivity contribution is 6.25. The fourth-order valence-electron chi connectivity index (χ4n) is 6.42. The van der Waals surface area contributed by atoms with Gasteiger partial charge in [-0.15, -0.1) is 0 Å². The van der Waals surface area contributed by atoms with Crippen molar-refractivity contribution in [2.75, 3.05) is 40.1 Å². The van der Waals surface area contributed by atoms with Gasteiger partial charge in [0.25, 0.3) is 5.91 Å². The second kappa shape index (κ2) is 10.2. The van der Waals surface area contributed by atoms with Crippen molar-refractivity contribution in [3.63, 3.8) is 0 Å². The molecular formula is C27H34N4O10. The number of fused-ring (bicyclic) bond motifs is 3. The van der Waals surface area contributed by atoms with Gasteiger partial charge in [-0.2, -0.15) is 0 Å². The average molecular weight is 575 g/mol. The minimum Gasteiger partial charge on any atom is -0.510 e. The number of nitrogens with one attached hydrogen (secondary N) is 1. The molecule has 3 aliphatic rings. The Kier molecular flexibility index (Phi) is 7.52. The number of anilines is 1. The van der Waals surface area contributed by atoms with E-state index in [1.165, 1.54) is 36.0 Å². The molecule has 4 rings (SSSR count). The Morgan fingerprint density at radius 3 is 2.24 bits per heavy atom. The number of nitrogens with zero attached hydrogens (tertiary/aromatic N) is 2. The van der Waals surface area contributed by atoms with Crippen LogP contribution in [0, 0.1) is 11.8 Å². The summed E-state index contributed by atoms with van der Waals surface area (Å²) in [4.78, 5) is 54.9. The molecule has 0 fully saturated rings. The van der Waals surface area contributed by atoms with Gasteiger partial charge in [-0.1, -0.05) is 13.0 Å². The normalized spacial score (nSPS) is 30.2. The Balaban J connectivity index is 1.92. The zero-order chi connectivity index (χ0) is 30.9. The molecular weight excluding hydrogens is 540 g/mol. The summed E-state index contributed by atoms with van der Waals surface area (Å²) < 4.78 is 0. The molecule has 14 heteroatoms. The molecule has 0 aliphatic heterocycles. The van der Waals surface area contributed by atoms with Crippen LogP contribution in [-0.2, 0) is 14.4 Å². The summed E-state index contributed by atoms with van der Waals surface area (Å²) >= 11 is 0. The number of phenols is 1. The highest BCUT2D eigenvalue weighted by Gasteiger charge is 2.67. The molecule has 7 atom stereocenters. The van der Waals surface area contributed by atoms with E-state index in [1.54, 1.807) is 21.0 Å². The molecule has 4 unspecified atom stereocenters. The Labute approximate surface area is 235 Å². The van der Waals surface area contributed by atoms with E-state index in [0.717, 1.165) is 0 Å². The predicted octanol–water partition coefficient (Wildman–Crippen LogP) is -1.49. The number of carbonyl (C=O) groups is 4. The van der Waals surface area contributed by atoms with Gasteiger partial charge in [0.15, 0.2) is 17.1 Å². The topological polar surface area (TPSA) is 234 Å². The molecule has 1 aromatic carbocycles. The predicted molar refractivity (Wildman–Crippen MR) is 143 cm³/mol. The molecule has 222 valence electrons. The molecule has 0 bridgehead atoms. The number of Topliss-reactive ketones (excluding diaryl/α,β-unsaturated/α-hetero) is 2. The van der Waals surface area contributed by atoms with Crippen molar-refractivity contribution in [3.05, 3.63) is 45.9 Å². The highest BCUT2D eigenvalue weighted by atomic mass is 16.4. The van der Waals surface area contributed by atoms with Crippen molar-refractivity contribution < 1.29 is 49.8 Å². The van der Waals surface area contributed by atoms with Gasteiger partial charge in [0, 0.05) is 11.5 Å². The van der Waals surface area contributed by atoms with Gasteiger partial charge in [0.1, 0.15) is 23.1 Å². The first kappa shape index (κ1) is 30.1.